The minimum Gasteiger partial charge on any atom is -0.450 e. The van der Waals surface area contributed by atoms with Crippen LogP contribution in [0.3, 0.4) is 0 Å². The number of carbonyl (C=O) groups is 2. The molecule has 2 heterocycles. The average Bonchev–Trinajstić information content (AvgIpc) is 2.71. The van der Waals surface area contributed by atoms with Gasteiger partial charge in [0.25, 0.3) is 0 Å². The lowest BCUT2D eigenvalue weighted by Gasteiger charge is -2.31. The van der Waals surface area contributed by atoms with Gasteiger partial charge in [0.2, 0.25) is 5.91 Å². The van der Waals surface area contributed by atoms with Crippen molar-refractivity contribution in [3.63, 3.8) is 0 Å². The van der Waals surface area contributed by atoms with E-state index in [1.807, 2.05) is 30.3 Å². The Hall–Kier alpha value is -3.16. The van der Waals surface area contributed by atoms with Crippen LogP contribution in [0.4, 0.5) is 16.4 Å². The average molecular weight is 383 g/mol. The molecule has 2 amide bonds. The molecule has 1 aromatic carbocycles. The Morgan fingerprint density at radius 2 is 1.75 bits per heavy atom. The van der Waals surface area contributed by atoms with Crippen LogP contribution < -0.4 is 10.6 Å². The van der Waals surface area contributed by atoms with E-state index in [4.69, 9.17) is 4.74 Å². The fourth-order valence-corrected chi connectivity index (χ4v) is 3.07. The van der Waals surface area contributed by atoms with E-state index in [9.17, 15) is 9.59 Å². The Bertz CT molecular complexity index is 774. The molecule has 2 aromatic rings. The summed E-state index contributed by atoms with van der Waals surface area (Å²) in [4.78, 5) is 25.5. The van der Waals surface area contributed by atoms with Gasteiger partial charge in [0.15, 0.2) is 5.82 Å². The zero-order valence-electron chi connectivity index (χ0n) is 15.9. The Labute approximate surface area is 164 Å². The highest BCUT2D eigenvalue weighted by Crippen LogP contribution is 2.16. The molecule has 2 N–H and O–H groups in total. The van der Waals surface area contributed by atoms with Crippen LogP contribution in [-0.2, 0) is 16.0 Å². The molecule has 0 spiro atoms. The molecule has 8 nitrogen and oxygen atoms in total. The van der Waals surface area contributed by atoms with Gasteiger partial charge in [0.05, 0.1) is 13.0 Å². The highest BCUT2D eigenvalue weighted by Gasteiger charge is 2.23. The number of nitrogens with one attached hydrogen (secondary N) is 2. The molecule has 148 valence electrons. The number of piperidine rings is 1. The fraction of sp³-hybridized carbons (Fsp3) is 0.400. The maximum absolute atomic E-state index is 12.1. The van der Waals surface area contributed by atoms with Crippen molar-refractivity contribution in [1.82, 2.24) is 15.1 Å². The van der Waals surface area contributed by atoms with Crippen molar-refractivity contribution in [2.45, 2.75) is 32.2 Å². The lowest BCUT2D eigenvalue weighted by atomic mass is 10.1. The van der Waals surface area contributed by atoms with Crippen molar-refractivity contribution in [3.8, 4) is 0 Å². The largest absolute Gasteiger partial charge is 0.450 e. The summed E-state index contributed by atoms with van der Waals surface area (Å²) in [5.74, 6) is 0.937. The van der Waals surface area contributed by atoms with Gasteiger partial charge in [-0.15, -0.1) is 10.2 Å². The van der Waals surface area contributed by atoms with E-state index in [0.29, 0.717) is 37.8 Å². The lowest BCUT2D eigenvalue weighted by Crippen LogP contribution is -2.42. The fourth-order valence-electron chi connectivity index (χ4n) is 3.07. The van der Waals surface area contributed by atoms with Gasteiger partial charge in [-0.3, -0.25) is 4.79 Å². The second-order valence-electron chi connectivity index (χ2n) is 6.62. The van der Waals surface area contributed by atoms with Gasteiger partial charge in [-0.05, 0) is 37.5 Å². The van der Waals surface area contributed by atoms with Gasteiger partial charge in [0, 0.05) is 19.1 Å². The van der Waals surface area contributed by atoms with Crippen molar-refractivity contribution < 1.29 is 14.3 Å². The number of likely N-dealkylation sites (tertiary alicyclic amines) is 1. The molecule has 0 atom stereocenters. The Morgan fingerprint density at radius 3 is 2.39 bits per heavy atom. The van der Waals surface area contributed by atoms with Gasteiger partial charge < -0.3 is 20.3 Å². The van der Waals surface area contributed by atoms with Crippen molar-refractivity contribution in [3.05, 3.63) is 48.0 Å². The van der Waals surface area contributed by atoms with Crippen molar-refractivity contribution >= 4 is 23.6 Å². The normalized spacial score (nSPS) is 14.4. The van der Waals surface area contributed by atoms with Crippen molar-refractivity contribution in [2.75, 3.05) is 30.3 Å². The highest BCUT2D eigenvalue weighted by atomic mass is 16.6. The minimum absolute atomic E-state index is 0.132. The van der Waals surface area contributed by atoms with Crippen LogP contribution in [0.1, 0.15) is 25.3 Å². The zero-order chi connectivity index (χ0) is 19.8. The molecule has 0 radical (unpaired) electrons. The summed E-state index contributed by atoms with van der Waals surface area (Å²) in [6.45, 7) is 3.49. The van der Waals surface area contributed by atoms with E-state index in [1.165, 1.54) is 0 Å². The first-order valence-corrected chi connectivity index (χ1v) is 9.50. The van der Waals surface area contributed by atoms with E-state index < -0.39 is 0 Å². The monoisotopic (exact) mass is 383 g/mol. The van der Waals surface area contributed by atoms with E-state index >= 15 is 0 Å². The molecular weight excluding hydrogens is 358 g/mol. The third-order valence-electron chi connectivity index (χ3n) is 4.51. The number of hydrogen-bond acceptors (Lipinski definition) is 6. The third kappa shape index (κ3) is 5.67. The van der Waals surface area contributed by atoms with Crippen molar-refractivity contribution in [2.24, 2.45) is 0 Å². The Balaban J connectivity index is 1.44. The number of benzene rings is 1. The first kappa shape index (κ1) is 19.6. The van der Waals surface area contributed by atoms with Crippen LogP contribution >= 0.6 is 0 Å². The Kier molecular flexibility index (Phi) is 6.78. The van der Waals surface area contributed by atoms with E-state index in [2.05, 4.69) is 20.8 Å². The maximum Gasteiger partial charge on any atom is 0.409 e. The number of hydrogen-bond donors (Lipinski definition) is 2. The molecule has 8 heteroatoms. The molecule has 0 saturated carbocycles. The topological polar surface area (TPSA) is 96.5 Å². The summed E-state index contributed by atoms with van der Waals surface area (Å²) >= 11 is 0. The predicted octanol–water partition coefficient (Wildman–Crippen LogP) is 2.69. The van der Waals surface area contributed by atoms with Crippen LogP contribution in [0.5, 0.6) is 0 Å². The van der Waals surface area contributed by atoms with Crippen molar-refractivity contribution in [1.29, 1.82) is 0 Å². The molecule has 1 fully saturated rings. The molecule has 28 heavy (non-hydrogen) atoms. The lowest BCUT2D eigenvalue weighted by molar-refractivity contribution is -0.115. The standard InChI is InChI=1S/C20H25N5O3/c1-2-28-20(27)25-12-10-16(11-13-25)21-17-8-9-18(24-23-17)22-19(26)14-15-6-4-3-5-7-15/h3-9,16H,2,10-14H2,1H3,(H,21,23)(H,22,24,26). The van der Waals surface area contributed by atoms with Crippen LogP contribution in [0.25, 0.3) is 0 Å². The van der Waals surface area contributed by atoms with Gasteiger partial charge in [-0.2, -0.15) is 0 Å². The number of aromatic nitrogens is 2. The van der Waals surface area contributed by atoms with E-state index in [0.717, 1.165) is 18.4 Å². The van der Waals surface area contributed by atoms with Crippen LogP contribution in [0.2, 0.25) is 0 Å². The summed E-state index contributed by atoms with van der Waals surface area (Å²) < 4.78 is 5.03. The zero-order valence-corrected chi connectivity index (χ0v) is 15.9. The van der Waals surface area contributed by atoms with Crippen LogP contribution in [0, 0.1) is 0 Å². The summed E-state index contributed by atoms with van der Waals surface area (Å²) in [5.41, 5.74) is 0.945. The molecule has 1 aliphatic heterocycles. The molecule has 0 unspecified atom stereocenters. The highest BCUT2D eigenvalue weighted by molar-refractivity contribution is 5.91. The van der Waals surface area contributed by atoms with Gasteiger partial charge >= 0.3 is 6.09 Å². The van der Waals surface area contributed by atoms with E-state index in [-0.39, 0.29) is 18.0 Å². The maximum atomic E-state index is 12.1. The minimum atomic E-state index is -0.253. The number of nitrogens with zero attached hydrogens (tertiary/aromatic N) is 3. The van der Waals surface area contributed by atoms with Crippen LogP contribution in [0.15, 0.2) is 42.5 Å². The number of amides is 2. The molecule has 1 aliphatic rings. The van der Waals surface area contributed by atoms with E-state index in [1.54, 1.807) is 24.0 Å². The first-order chi connectivity index (χ1) is 13.6. The second kappa shape index (κ2) is 9.68. The van der Waals surface area contributed by atoms with Gasteiger partial charge in [-0.25, -0.2) is 4.79 Å². The predicted molar refractivity (Wildman–Crippen MR) is 106 cm³/mol. The number of ether oxygens (including phenoxy) is 1. The van der Waals surface area contributed by atoms with Gasteiger partial charge in [0.1, 0.15) is 5.82 Å². The summed E-state index contributed by atoms with van der Waals surface area (Å²) in [7, 11) is 0. The molecule has 1 saturated heterocycles. The quantitative estimate of drug-likeness (QED) is 0.796. The van der Waals surface area contributed by atoms with Crippen LogP contribution in [-0.4, -0.2) is 52.8 Å². The molecule has 3 rings (SSSR count). The summed E-state index contributed by atoms with van der Waals surface area (Å²) in [6, 6.07) is 13.3. The van der Waals surface area contributed by atoms with Gasteiger partial charge in [-0.1, -0.05) is 30.3 Å². The molecule has 1 aromatic heterocycles. The SMILES string of the molecule is CCOC(=O)N1CCC(Nc2ccc(NC(=O)Cc3ccccc3)nn2)CC1. The first-order valence-electron chi connectivity index (χ1n) is 9.50. The third-order valence-corrected chi connectivity index (χ3v) is 4.51. The second-order valence-corrected chi connectivity index (χ2v) is 6.62. The number of rotatable bonds is 6. The number of carbonyl (C=O) groups excluding carboxylic acids is 2. The summed E-state index contributed by atoms with van der Waals surface area (Å²) in [5, 5.41) is 14.3. The number of anilines is 2. The smallest absolute Gasteiger partial charge is 0.409 e. The summed E-state index contributed by atoms with van der Waals surface area (Å²) in [6.07, 6.45) is 1.67. The Morgan fingerprint density at radius 1 is 1.07 bits per heavy atom. The molecular formula is C20H25N5O3. The molecule has 0 aliphatic carbocycles. The molecule has 0 bridgehead atoms.